The first-order valence-corrected chi connectivity index (χ1v) is 10.2. The van der Waals surface area contributed by atoms with Crippen molar-refractivity contribution in [3.05, 3.63) is 64.7 Å². The fraction of sp³-hybridized carbons (Fsp3) is 0.286. The molecule has 0 saturated carbocycles. The van der Waals surface area contributed by atoms with Gasteiger partial charge >= 0.3 is 5.97 Å². The van der Waals surface area contributed by atoms with E-state index in [1.807, 2.05) is 12.1 Å². The molecule has 0 aliphatic heterocycles. The summed E-state index contributed by atoms with van der Waals surface area (Å²) in [5.74, 6) is -1.43. The molecule has 1 aliphatic rings. The normalized spacial score (nSPS) is 13.9. The van der Waals surface area contributed by atoms with E-state index in [0.29, 0.717) is 11.3 Å². The Bertz CT molecular complexity index is 896. The van der Waals surface area contributed by atoms with E-state index in [1.54, 1.807) is 52.9 Å². The van der Waals surface area contributed by atoms with Crippen molar-refractivity contribution < 1.29 is 19.5 Å². The molecule has 2 aromatic carbocycles. The van der Waals surface area contributed by atoms with Crippen LogP contribution in [0.2, 0.25) is 0 Å². The molecule has 0 radical (unpaired) electrons. The summed E-state index contributed by atoms with van der Waals surface area (Å²) in [7, 11) is 0. The lowest BCUT2D eigenvalue weighted by Gasteiger charge is -2.20. The molecule has 1 aliphatic carbocycles. The van der Waals surface area contributed by atoms with Crippen LogP contribution < -0.4 is 10.6 Å². The number of amides is 2. The van der Waals surface area contributed by atoms with Gasteiger partial charge in [-0.1, -0.05) is 24.3 Å². The number of halogens is 1. The number of aryl methyl sites for hydroxylation is 1. The van der Waals surface area contributed by atoms with E-state index in [-0.39, 0.29) is 16.2 Å². The lowest BCUT2D eigenvalue weighted by atomic mass is 9.88. The highest BCUT2D eigenvalue weighted by Crippen LogP contribution is 2.24. The summed E-state index contributed by atoms with van der Waals surface area (Å²) in [6.07, 6.45) is 4.12. The first-order valence-electron chi connectivity index (χ1n) is 9.14. The molecule has 0 heterocycles. The number of hydrogen-bond donors (Lipinski definition) is 3. The number of carbonyl (C=O) groups is 3. The van der Waals surface area contributed by atoms with Gasteiger partial charge in [0.15, 0.2) is 0 Å². The molecule has 0 spiro atoms. The molecule has 6 nitrogen and oxygen atoms in total. The average Bonchev–Trinajstić information content (AvgIpc) is 2.68. The van der Waals surface area contributed by atoms with Crippen LogP contribution in [0.3, 0.4) is 0 Å². The van der Waals surface area contributed by atoms with Gasteiger partial charge in [0.05, 0.1) is 0 Å². The monoisotopic (exact) mass is 492 g/mol. The smallest absolute Gasteiger partial charge is 0.326 e. The van der Waals surface area contributed by atoms with Crippen LogP contribution in [0, 0.1) is 0 Å². The maximum atomic E-state index is 12.8. The van der Waals surface area contributed by atoms with Gasteiger partial charge in [-0.25, -0.2) is 4.79 Å². The van der Waals surface area contributed by atoms with Crippen LogP contribution in [0.15, 0.2) is 42.5 Å². The molecule has 1 atom stereocenters. The van der Waals surface area contributed by atoms with Gasteiger partial charge < -0.3 is 15.7 Å². The number of carbonyl (C=O) groups excluding carboxylic acids is 2. The molecule has 0 bridgehead atoms. The van der Waals surface area contributed by atoms with E-state index in [9.17, 15) is 19.5 Å². The van der Waals surface area contributed by atoms with Gasteiger partial charge in [-0.05, 0) is 60.6 Å². The molecule has 3 rings (SSSR count). The van der Waals surface area contributed by atoms with Crippen molar-refractivity contribution in [1.82, 2.24) is 5.32 Å². The van der Waals surface area contributed by atoms with Gasteiger partial charge in [0.2, 0.25) is 0 Å². The molecular weight excluding hydrogens is 471 g/mol. The molecule has 7 heteroatoms. The summed E-state index contributed by atoms with van der Waals surface area (Å²) in [5, 5.41) is 14.9. The highest BCUT2D eigenvalue weighted by Gasteiger charge is 2.24. The number of carboxylic acid groups (broad SMARTS) is 1. The number of anilines is 1. The molecule has 0 saturated heterocycles. The van der Waals surface area contributed by atoms with Crippen LogP contribution in [0.25, 0.3) is 0 Å². The third kappa shape index (κ3) is 5.09. The SMILES string of the molecule is O=C(I)Nc1ccc(CC(NC(=O)c2cccc3c2CCCC3)C(=O)O)cc1. The van der Waals surface area contributed by atoms with E-state index in [2.05, 4.69) is 10.6 Å². The number of benzene rings is 2. The number of hydrogen-bond acceptors (Lipinski definition) is 3. The van der Waals surface area contributed by atoms with Crippen molar-refractivity contribution in [2.75, 3.05) is 5.32 Å². The third-order valence-electron chi connectivity index (χ3n) is 4.88. The van der Waals surface area contributed by atoms with Crippen LogP contribution in [-0.2, 0) is 24.1 Å². The molecule has 28 heavy (non-hydrogen) atoms. The van der Waals surface area contributed by atoms with E-state index < -0.39 is 12.0 Å². The summed E-state index contributed by atoms with van der Waals surface area (Å²) in [5.41, 5.74) is 4.18. The van der Waals surface area contributed by atoms with Crippen molar-refractivity contribution in [2.45, 2.75) is 38.1 Å². The predicted molar refractivity (Wildman–Crippen MR) is 115 cm³/mol. The lowest BCUT2D eigenvalue weighted by molar-refractivity contribution is -0.139. The summed E-state index contributed by atoms with van der Waals surface area (Å²) in [6, 6.07) is 11.5. The van der Waals surface area contributed by atoms with Gasteiger partial charge in [-0.3, -0.25) is 9.59 Å². The van der Waals surface area contributed by atoms with Crippen LogP contribution in [0.4, 0.5) is 10.5 Å². The minimum absolute atomic E-state index is 0.161. The number of fused-ring (bicyclic) bond motifs is 1. The molecule has 2 aromatic rings. The van der Waals surface area contributed by atoms with Gasteiger partial charge in [0.1, 0.15) is 6.04 Å². The zero-order valence-electron chi connectivity index (χ0n) is 15.2. The Balaban J connectivity index is 1.72. The van der Waals surface area contributed by atoms with Crippen molar-refractivity contribution in [3.63, 3.8) is 0 Å². The number of nitrogens with one attached hydrogen (secondary N) is 2. The highest BCUT2D eigenvalue weighted by molar-refractivity contribution is 14.1. The fourth-order valence-corrected chi connectivity index (χ4v) is 3.81. The first-order chi connectivity index (χ1) is 13.4. The summed E-state index contributed by atoms with van der Waals surface area (Å²) >= 11 is 1.64. The molecular formula is C21H21IN2O4. The number of rotatable bonds is 6. The van der Waals surface area contributed by atoms with E-state index >= 15 is 0 Å². The topological polar surface area (TPSA) is 95.5 Å². The van der Waals surface area contributed by atoms with Gasteiger partial charge in [-0.2, -0.15) is 0 Å². The van der Waals surface area contributed by atoms with E-state index in [1.165, 1.54) is 5.56 Å². The Morgan fingerprint density at radius 2 is 1.75 bits per heavy atom. The number of carboxylic acids is 1. The van der Waals surface area contributed by atoms with Crippen molar-refractivity contribution in [1.29, 1.82) is 0 Å². The van der Waals surface area contributed by atoms with Crippen LogP contribution in [0.1, 0.15) is 39.9 Å². The summed E-state index contributed by atoms with van der Waals surface area (Å²) in [6.45, 7) is 0. The lowest BCUT2D eigenvalue weighted by Crippen LogP contribution is -2.42. The van der Waals surface area contributed by atoms with Crippen LogP contribution >= 0.6 is 22.6 Å². The molecule has 2 amide bonds. The first kappa shape index (κ1) is 20.3. The zero-order valence-corrected chi connectivity index (χ0v) is 17.4. The molecule has 3 N–H and O–H groups in total. The molecule has 0 fully saturated rings. The Labute approximate surface area is 176 Å². The standard InChI is InChI=1S/C21H21IN2O4/c22-21(28)23-15-10-8-13(9-11-15)12-18(20(26)27)24-19(25)17-7-3-5-14-4-1-2-6-16(14)17/h3,5,7-11,18H,1-2,4,6,12H2,(H,23,28)(H,24,25)(H,26,27). The Kier molecular flexibility index (Phi) is 6.66. The van der Waals surface area contributed by atoms with Crippen molar-refractivity contribution >= 4 is 44.1 Å². The van der Waals surface area contributed by atoms with Crippen molar-refractivity contribution in [2.24, 2.45) is 0 Å². The third-order valence-corrected chi connectivity index (χ3v) is 5.15. The molecule has 146 valence electrons. The number of aliphatic carboxylic acids is 1. The Morgan fingerprint density at radius 3 is 2.43 bits per heavy atom. The molecule has 1 unspecified atom stereocenters. The van der Waals surface area contributed by atoms with Crippen molar-refractivity contribution in [3.8, 4) is 0 Å². The van der Waals surface area contributed by atoms with E-state index in [4.69, 9.17) is 0 Å². The zero-order chi connectivity index (χ0) is 20.1. The van der Waals surface area contributed by atoms with E-state index in [0.717, 1.165) is 36.8 Å². The molecule has 0 aromatic heterocycles. The fourth-order valence-electron chi connectivity index (χ4n) is 3.50. The maximum Gasteiger partial charge on any atom is 0.326 e. The Hall–Kier alpha value is -2.42. The second kappa shape index (κ2) is 9.18. The second-order valence-electron chi connectivity index (χ2n) is 6.81. The Morgan fingerprint density at radius 1 is 1.04 bits per heavy atom. The quantitative estimate of drug-likeness (QED) is 0.323. The predicted octanol–water partition coefficient (Wildman–Crippen LogP) is 3.96. The van der Waals surface area contributed by atoms with Gasteiger partial charge in [-0.15, -0.1) is 0 Å². The second-order valence-corrected chi connectivity index (χ2v) is 7.79. The highest BCUT2D eigenvalue weighted by atomic mass is 127. The van der Waals surface area contributed by atoms with Crippen LogP contribution in [0.5, 0.6) is 0 Å². The minimum atomic E-state index is -1.08. The van der Waals surface area contributed by atoms with Gasteiger partial charge in [0, 0.05) is 40.3 Å². The largest absolute Gasteiger partial charge is 0.480 e. The summed E-state index contributed by atoms with van der Waals surface area (Å²) < 4.78 is -0.202. The summed E-state index contributed by atoms with van der Waals surface area (Å²) in [4.78, 5) is 35.5. The van der Waals surface area contributed by atoms with Crippen LogP contribution in [-0.4, -0.2) is 26.9 Å². The minimum Gasteiger partial charge on any atom is -0.480 e. The van der Waals surface area contributed by atoms with Gasteiger partial charge in [0.25, 0.3) is 9.82 Å². The maximum absolute atomic E-state index is 12.8. The average molecular weight is 492 g/mol.